The third kappa shape index (κ3) is 1.56. The van der Waals surface area contributed by atoms with Crippen molar-refractivity contribution in [2.24, 2.45) is 11.8 Å². The van der Waals surface area contributed by atoms with Crippen LogP contribution in [0.5, 0.6) is 0 Å². The molecule has 3 rings (SSSR count). The molecule has 1 aliphatic heterocycles. The van der Waals surface area contributed by atoms with E-state index in [9.17, 15) is 26.7 Å². The molecule has 3 aliphatic rings. The molecule has 1 fully saturated rings. The smallest absolute Gasteiger partial charge is 0.481 e. The zero-order valence-electron chi connectivity index (χ0n) is 9.26. The second kappa shape index (κ2) is 3.25. The van der Waals surface area contributed by atoms with Crippen LogP contribution in [0.4, 0.5) is 22.0 Å². The van der Waals surface area contributed by atoms with E-state index in [0.29, 0.717) is 0 Å². The lowest BCUT2D eigenvalue weighted by Gasteiger charge is -2.11. The van der Waals surface area contributed by atoms with Gasteiger partial charge in [-0.3, -0.25) is 4.79 Å². The molecule has 0 aromatic carbocycles. The molecule has 102 valence electrons. The minimum atomic E-state index is -4.84. The molecule has 0 radical (unpaired) electrons. The number of alkyl halides is 5. The predicted molar refractivity (Wildman–Crippen MR) is 54.0 cm³/mol. The third-order valence-corrected chi connectivity index (χ3v) is 3.61. The summed E-state index contributed by atoms with van der Waals surface area (Å²) in [6.07, 6.45) is -5.76. The Balaban J connectivity index is 2.14. The first-order valence-electron chi connectivity index (χ1n) is 5.50. The minimum absolute atomic E-state index is 0.00127. The van der Waals surface area contributed by atoms with Crippen LogP contribution < -0.4 is 4.67 Å². The standard InChI is InChI=1S/C11H6F5NO2/c12-10(13)4-1-3(4)7-8(10)5(2-6(18)19)17-9(7)11(14,15)16/h3-4H,1-2H2/p+1/t3?,4-/m1/s1. The van der Waals surface area contributed by atoms with Crippen molar-refractivity contribution < 1.29 is 31.9 Å². The van der Waals surface area contributed by atoms with Crippen molar-refractivity contribution in [3.63, 3.8) is 0 Å². The number of rotatable bonds is 2. The van der Waals surface area contributed by atoms with Gasteiger partial charge in [0.2, 0.25) is 0 Å². The first kappa shape index (κ1) is 12.3. The molecule has 0 spiro atoms. The van der Waals surface area contributed by atoms with Gasteiger partial charge in [0.1, 0.15) is 12.0 Å². The maximum absolute atomic E-state index is 13.9. The van der Waals surface area contributed by atoms with Gasteiger partial charge < -0.3 is 5.11 Å². The van der Waals surface area contributed by atoms with Gasteiger partial charge in [-0.05, 0) is 6.42 Å². The van der Waals surface area contributed by atoms with E-state index in [2.05, 4.69) is 4.67 Å². The monoisotopic (exact) mass is 280 g/mol. The predicted octanol–water partition coefficient (Wildman–Crippen LogP) is 1.57. The van der Waals surface area contributed by atoms with Crippen LogP contribution in [0.2, 0.25) is 0 Å². The zero-order valence-corrected chi connectivity index (χ0v) is 9.26. The third-order valence-electron chi connectivity index (χ3n) is 3.61. The Morgan fingerprint density at radius 3 is 2.58 bits per heavy atom. The van der Waals surface area contributed by atoms with Crippen molar-refractivity contribution in [2.75, 3.05) is 0 Å². The summed E-state index contributed by atoms with van der Waals surface area (Å²) in [6, 6.07) is 0. The number of carboxylic acid groups (broad SMARTS) is 1. The van der Waals surface area contributed by atoms with Gasteiger partial charge in [-0.25, -0.2) is 8.78 Å². The maximum atomic E-state index is 13.9. The Kier molecular flexibility index (Phi) is 2.11. The molecule has 3 nitrogen and oxygen atoms in total. The van der Waals surface area contributed by atoms with Crippen LogP contribution in [0.15, 0.2) is 11.1 Å². The van der Waals surface area contributed by atoms with E-state index in [4.69, 9.17) is 5.11 Å². The molecule has 1 saturated carbocycles. The van der Waals surface area contributed by atoms with Crippen LogP contribution in [0.1, 0.15) is 12.8 Å². The molecule has 1 heterocycles. The first-order valence-corrected chi connectivity index (χ1v) is 5.50. The highest BCUT2D eigenvalue weighted by Crippen LogP contribution is 2.64. The van der Waals surface area contributed by atoms with E-state index in [0.717, 1.165) is 0 Å². The summed E-state index contributed by atoms with van der Waals surface area (Å²) in [7, 11) is 0. The fourth-order valence-corrected chi connectivity index (χ4v) is 2.85. The fourth-order valence-electron chi connectivity index (χ4n) is 2.85. The van der Waals surface area contributed by atoms with E-state index in [1.54, 1.807) is 0 Å². The summed E-state index contributed by atoms with van der Waals surface area (Å²) < 4.78 is 69.2. The number of carbonyl (C=O) groups is 1. The number of carboxylic acids is 1. The Morgan fingerprint density at radius 2 is 2.05 bits per heavy atom. The number of hydrogen-bond donors (Lipinski definition) is 1. The van der Waals surface area contributed by atoms with Gasteiger partial charge in [0, 0.05) is 11.8 Å². The van der Waals surface area contributed by atoms with E-state index in [1.807, 2.05) is 0 Å². The molecule has 0 amide bonds. The molecule has 1 unspecified atom stereocenters. The molecule has 8 heteroatoms. The number of aliphatic carboxylic acids is 1. The van der Waals surface area contributed by atoms with Crippen molar-refractivity contribution in [2.45, 2.75) is 24.9 Å². The normalized spacial score (nSPS) is 30.8. The largest absolute Gasteiger partial charge is 0.496 e. The quantitative estimate of drug-likeness (QED) is 0.616. The summed E-state index contributed by atoms with van der Waals surface area (Å²) >= 11 is 0. The second-order valence-electron chi connectivity index (χ2n) is 4.84. The van der Waals surface area contributed by atoms with Crippen LogP contribution in [-0.4, -0.2) is 34.6 Å². The molecule has 0 aromatic heterocycles. The molecular weight excluding hydrogens is 273 g/mol. The first-order chi connectivity index (χ1) is 8.64. The van der Waals surface area contributed by atoms with Crippen molar-refractivity contribution in [3.05, 3.63) is 11.1 Å². The molecule has 0 aromatic rings. The number of halogens is 5. The van der Waals surface area contributed by atoms with Gasteiger partial charge in [-0.1, -0.05) is 4.67 Å². The van der Waals surface area contributed by atoms with Gasteiger partial charge in [-0.15, -0.1) is 0 Å². The molecule has 1 N–H and O–H groups in total. The van der Waals surface area contributed by atoms with Gasteiger partial charge in [0.25, 0.3) is 5.92 Å². The lowest BCUT2D eigenvalue weighted by atomic mass is 9.97. The summed E-state index contributed by atoms with van der Waals surface area (Å²) in [5, 5.41) is 8.59. The van der Waals surface area contributed by atoms with Gasteiger partial charge in [0.15, 0.2) is 0 Å². The van der Waals surface area contributed by atoms with Crippen LogP contribution in [0.3, 0.4) is 0 Å². The maximum Gasteiger partial charge on any atom is 0.496 e. The molecule has 2 aliphatic carbocycles. The second-order valence-corrected chi connectivity index (χ2v) is 4.84. The van der Waals surface area contributed by atoms with Crippen molar-refractivity contribution in [3.8, 4) is 0 Å². The average molecular weight is 280 g/mol. The van der Waals surface area contributed by atoms with Gasteiger partial charge in [0.05, 0.1) is 5.57 Å². The highest BCUT2D eigenvalue weighted by molar-refractivity contribution is 6.23. The number of fused-ring (bicyclic) bond motifs is 2. The Morgan fingerprint density at radius 1 is 1.42 bits per heavy atom. The van der Waals surface area contributed by atoms with Crippen LogP contribution in [0, 0.1) is 11.8 Å². The highest BCUT2D eigenvalue weighted by atomic mass is 19.4. The number of hydrogen-bond acceptors (Lipinski definition) is 1. The summed E-state index contributed by atoms with van der Waals surface area (Å²) in [5.74, 6) is -6.85. The Labute approximate surface area is 103 Å². The van der Waals surface area contributed by atoms with Gasteiger partial charge in [-0.2, -0.15) is 13.2 Å². The molecule has 19 heavy (non-hydrogen) atoms. The summed E-state index contributed by atoms with van der Waals surface area (Å²) in [6.45, 7) is 0. The molecule has 0 saturated heterocycles. The zero-order chi connectivity index (χ0) is 14.2. The SMILES string of the molecule is O=C(O)CC1=[N+]=C(C(F)(F)F)C2=C1C(F)(F)[C@@H]1CC21. The van der Waals surface area contributed by atoms with Crippen LogP contribution in [-0.2, 0) is 4.79 Å². The lowest BCUT2D eigenvalue weighted by molar-refractivity contribution is -0.135. The van der Waals surface area contributed by atoms with E-state index in [-0.39, 0.29) is 6.42 Å². The van der Waals surface area contributed by atoms with Crippen molar-refractivity contribution in [1.29, 1.82) is 0 Å². The molecule has 0 bridgehead atoms. The van der Waals surface area contributed by atoms with Crippen LogP contribution in [0.25, 0.3) is 0 Å². The summed E-state index contributed by atoms with van der Waals surface area (Å²) in [5.41, 5.74) is -3.29. The summed E-state index contributed by atoms with van der Waals surface area (Å²) in [4.78, 5) is 10.6. The molecule has 2 atom stereocenters. The van der Waals surface area contributed by atoms with Crippen molar-refractivity contribution >= 4 is 17.4 Å². The Bertz CT molecular complexity index is 595. The Hall–Kier alpha value is -1.69. The molecular formula is C11H7F5NO2+. The van der Waals surface area contributed by atoms with E-state index < -0.39 is 58.9 Å². The van der Waals surface area contributed by atoms with Crippen molar-refractivity contribution in [1.82, 2.24) is 4.67 Å². The number of nitrogens with zero attached hydrogens (tertiary/aromatic N) is 1. The van der Waals surface area contributed by atoms with Crippen LogP contribution >= 0.6 is 0 Å². The fraction of sp³-hybridized carbons (Fsp3) is 0.545. The number of allylic oxidation sites excluding steroid dienone is 2. The highest BCUT2D eigenvalue weighted by Gasteiger charge is 2.74. The minimum Gasteiger partial charge on any atom is -0.481 e. The van der Waals surface area contributed by atoms with Gasteiger partial charge >= 0.3 is 23.6 Å². The average Bonchev–Trinajstić information content (AvgIpc) is 2.87. The topological polar surface area (TPSA) is 51.4 Å². The van der Waals surface area contributed by atoms with E-state index in [1.165, 1.54) is 0 Å². The lowest BCUT2D eigenvalue weighted by Crippen LogP contribution is -2.27. The van der Waals surface area contributed by atoms with E-state index >= 15 is 0 Å².